The van der Waals surface area contributed by atoms with Crippen LogP contribution in [0.2, 0.25) is 0 Å². The molecule has 0 atom stereocenters. The van der Waals surface area contributed by atoms with Gasteiger partial charge in [0.05, 0.1) is 19.3 Å². The van der Waals surface area contributed by atoms with Gasteiger partial charge in [-0.3, -0.25) is 4.79 Å². The summed E-state index contributed by atoms with van der Waals surface area (Å²) in [6.45, 7) is 2.25. The van der Waals surface area contributed by atoms with Gasteiger partial charge in [-0.2, -0.15) is 4.31 Å². The van der Waals surface area contributed by atoms with Crippen molar-refractivity contribution in [1.82, 2.24) is 9.62 Å². The van der Waals surface area contributed by atoms with Gasteiger partial charge in [0.15, 0.2) is 0 Å². The number of carbonyl (C=O) groups is 1. The molecule has 0 aromatic heterocycles. The SMILES string of the molecule is COc1ccc(N2CCN(S(=O)(=O)CCNC(=O)Cc3ccccc3)CC2)cc1. The third kappa shape index (κ3) is 5.95. The molecule has 0 aliphatic carbocycles. The summed E-state index contributed by atoms with van der Waals surface area (Å²) in [6.07, 6.45) is 0.251. The van der Waals surface area contributed by atoms with Crippen LogP contribution in [0.25, 0.3) is 0 Å². The van der Waals surface area contributed by atoms with E-state index in [1.54, 1.807) is 7.11 Å². The van der Waals surface area contributed by atoms with Crippen LogP contribution in [0.3, 0.4) is 0 Å². The number of sulfonamides is 1. The van der Waals surface area contributed by atoms with Gasteiger partial charge in [-0.05, 0) is 29.8 Å². The summed E-state index contributed by atoms with van der Waals surface area (Å²) in [5, 5.41) is 2.70. The van der Waals surface area contributed by atoms with Crippen molar-refractivity contribution in [3.63, 3.8) is 0 Å². The van der Waals surface area contributed by atoms with Gasteiger partial charge in [0.25, 0.3) is 0 Å². The number of ether oxygens (including phenoxy) is 1. The van der Waals surface area contributed by atoms with E-state index >= 15 is 0 Å². The average molecular weight is 418 g/mol. The minimum atomic E-state index is -3.40. The van der Waals surface area contributed by atoms with E-state index in [2.05, 4.69) is 10.2 Å². The minimum absolute atomic E-state index is 0.0872. The maximum atomic E-state index is 12.6. The number of rotatable bonds is 8. The molecule has 7 nitrogen and oxygen atoms in total. The van der Waals surface area contributed by atoms with Crippen molar-refractivity contribution < 1.29 is 17.9 Å². The molecule has 1 heterocycles. The van der Waals surface area contributed by atoms with Gasteiger partial charge in [0, 0.05) is 38.4 Å². The Hall–Kier alpha value is -2.58. The van der Waals surface area contributed by atoms with E-state index in [0.29, 0.717) is 26.2 Å². The van der Waals surface area contributed by atoms with Gasteiger partial charge in [-0.25, -0.2) is 8.42 Å². The number of methoxy groups -OCH3 is 1. The Morgan fingerprint density at radius 3 is 2.28 bits per heavy atom. The second-order valence-corrected chi connectivity index (χ2v) is 9.00. The fourth-order valence-corrected chi connectivity index (χ4v) is 4.65. The summed E-state index contributed by atoms with van der Waals surface area (Å²) in [5.74, 6) is 0.538. The number of hydrogen-bond donors (Lipinski definition) is 1. The molecule has 1 saturated heterocycles. The number of piperazine rings is 1. The van der Waals surface area contributed by atoms with Crippen LogP contribution < -0.4 is 15.0 Å². The Labute approximate surface area is 172 Å². The minimum Gasteiger partial charge on any atom is -0.497 e. The molecular formula is C21H27N3O4S. The zero-order chi connectivity index (χ0) is 20.7. The lowest BCUT2D eigenvalue weighted by atomic mass is 10.1. The predicted octanol–water partition coefficient (Wildman–Crippen LogP) is 1.51. The molecule has 0 bridgehead atoms. The molecule has 1 fully saturated rings. The van der Waals surface area contributed by atoms with Gasteiger partial charge in [-0.1, -0.05) is 30.3 Å². The van der Waals surface area contributed by atoms with Crippen LogP contribution in [0.4, 0.5) is 5.69 Å². The van der Waals surface area contributed by atoms with Gasteiger partial charge < -0.3 is 15.0 Å². The topological polar surface area (TPSA) is 79.0 Å². The van der Waals surface area contributed by atoms with Gasteiger partial charge in [0.2, 0.25) is 15.9 Å². The van der Waals surface area contributed by atoms with Crippen molar-refractivity contribution in [2.24, 2.45) is 0 Å². The highest BCUT2D eigenvalue weighted by Crippen LogP contribution is 2.21. The Bertz CT molecular complexity index is 893. The van der Waals surface area contributed by atoms with E-state index in [0.717, 1.165) is 17.0 Å². The Morgan fingerprint density at radius 2 is 1.66 bits per heavy atom. The van der Waals surface area contributed by atoms with Crippen LogP contribution >= 0.6 is 0 Å². The van der Waals surface area contributed by atoms with Crippen LogP contribution in [0, 0.1) is 0 Å². The maximum Gasteiger partial charge on any atom is 0.224 e. The smallest absolute Gasteiger partial charge is 0.224 e. The van der Waals surface area contributed by atoms with Crippen LogP contribution in [0.5, 0.6) is 5.75 Å². The fraction of sp³-hybridized carbons (Fsp3) is 0.381. The lowest BCUT2D eigenvalue weighted by molar-refractivity contribution is -0.120. The first kappa shape index (κ1) is 21.1. The molecule has 2 aromatic rings. The molecule has 2 aromatic carbocycles. The van der Waals surface area contributed by atoms with E-state index < -0.39 is 10.0 Å². The summed E-state index contributed by atoms with van der Waals surface area (Å²) in [7, 11) is -1.77. The second-order valence-electron chi connectivity index (χ2n) is 6.91. The molecule has 0 radical (unpaired) electrons. The lowest BCUT2D eigenvalue weighted by Gasteiger charge is -2.35. The molecule has 0 saturated carbocycles. The number of nitrogens with one attached hydrogen (secondary N) is 1. The number of nitrogens with zero attached hydrogens (tertiary/aromatic N) is 2. The van der Waals surface area contributed by atoms with Crippen molar-refractivity contribution in [3.05, 3.63) is 60.2 Å². The van der Waals surface area contributed by atoms with Crippen LogP contribution in [0.1, 0.15) is 5.56 Å². The highest BCUT2D eigenvalue weighted by Gasteiger charge is 2.26. The third-order valence-corrected chi connectivity index (χ3v) is 6.83. The van der Waals surface area contributed by atoms with Gasteiger partial charge in [-0.15, -0.1) is 0 Å². The Kier molecular flexibility index (Phi) is 7.11. The normalized spacial score (nSPS) is 15.1. The molecule has 3 rings (SSSR count). The molecule has 1 amide bonds. The van der Waals surface area contributed by atoms with Gasteiger partial charge in [0.1, 0.15) is 5.75 Å². The van der Waals surface area contributed by atoms with E-state index in [4.69, 9.17) is 4.74 Å². The van der Waals surface area contributed by atoms with E-state index in [1.165, 1.54) is 4.31 Å². The Balaban J connectivity index is 1.43. The van der Waals surface area contributed by atoms with Crippen LogP contribution in [0.15, 0.2) is 54.6 Å². The van der Waals surface area contributed by atoms with Crippen LogP contribution in [-0.2, 0) is 21.2 Å². The molecule has 1 aliphatic heterocycles. The zero-order valence-corrected chi connectivity index (χ0v) is 17.4. The maximum absolute atomic E-state index is 12.6. The summed E-state index contributed by atoms with van der Waals surface area (Å²) in [5.41, 5.74) is 1.96. The molecule has 0 unspecified atom stereocenters. The van der Waals surface area contributed by atoms with E-state index in [1.807, 2.05) is 54.6 Å². The summed E-state index contributed by atoms with van der Waals surface area (Å²) < 4.78 is 31.9. The van der Waals surface area contributed by atoms with Gasteiger partial charge >= 0.3 is 0 Å². The van der Waals surface area contributed by atoms with Crippen molar-refractivity contribution in [3.8, 4) is 5.75 Å². The highest BCUT2D eigenvalue weighted by atomic mass is 32.2. The number of amides is 1. The van der Waals surface area contributed by atoms with Crippen molar-refractivity contribution in [2.75, 3.05) is 50.5 Å². The molecule has 1 N–H and O–H groups in total. The second kappa shape index (κ2) is 9.76. The average Bonchev–Trinajstić information content (AvgIpc) is 2.74. The summed E-state index contributed by atoms with van der Waals surface area (Å²) in [6, 6.07) is 17.1. The van der Waals surface area contributed by atoms with Crippen molar-refractivity contribution >= 4 is 21.6 Å². The predicted molar refractivity (Wildman–Crippen MR) is 114 cm³/mol. The van der Waals surface area contributed by atoms with Crippen molar-refractivity contribution in [1.29, 1.82) is 0 Å². The molecule has 1 aliphatic rings. The number of benzene rings is 2. The molecule has 0 spiro atoms. The first-order chi connectivity index (χ1) is 14.0. The summed E-state index contributed by atoms with van der Waals surface area (Å²) in [4.78, 5) is 14.1. The monoisotopic (exact) mass is 417 g/mol. The molecule has 29 heavy (non-hydrogen) atoms. The first-order valence-electron chi connectivity index (χ1n) is 9.65. The lowest BCUT2D eigenvalue weighted by Crippen LogP contribution is -2.50. The number of hydrogen-bond acceptors (Lipinski definition) is 5. The quantitative estimate of drug-likeness (QED) is 0.704. The fourth-order valence-electron chi connectivity index (χ4n) is 3.31. The number of anilines is 1. The summed E-state index contributed by atoms with van der Waals surface area (Å²) >= 11 is 0. The molecule has 156 valence electrons. The number of carbonyl (C=O) groups excluding carboxylic acids is 1. The zero-order valence-electron chi connectivity index (χ0n) is 16.6. The van der Waals surface area contributed by atoms with Crippen LogP contribution in [-0.4, -0.2) is 64.2 Å². The van der Waals surface area contributed by atoms with E-state index in [9.17, 15) is 13.2 Å². The highest BCUT2D eigenvalue weighted by molar-refractivity contribution is 7.89. The molecule has 8 heteroatoms. The van der Waals surface area contributed by atoms with Crippen molar-refractivity contribution in [2.45, 2.75) is 6.42 Å². The first-order valence-corrected chi connectivity index (χ1v) is 11.3. The Morgan fingerprint density at radius 1 is 1.00 bits per heavy atom. The third-order valence-electron chi connectivity index (χ3n) is 4.96. The van der Waals surface area contributed by atoms with E-state index in [-0.39, 0.29) is 24.6 Å². The standard InChI is InChI=1S/C21H27N3O4S/c1-28-20-9-7-19(8-10-20)23-12-14-24(15-13-23)29(26,27)16-11-22-21(25)17-18-5-3-2-4-6-18/h2-10H,11-17H2,1H3,(H,22,25). The largest absolute Gasteiger partial charge is 0.497 e. The molecular weight excluding hydrogens is 390 g/mol.